The number of methoxy groups -OCH3 is 1. The molecular weight excluding hydrogens is 456 g/mol. The molecule has 1 fully saturated rings. The molecule has 1 aromatic carbocycles. The van der Waals surface area contributed by atoms with Crippen molar-refractivity contribution in [2.24, 2.45) is 0 Å². The predicted molar refractivity (Wildman–Crippen MR) is 141 cm³/mol. The van der Waals surface area contributed by atoms with Crippen LogP contribution in [0, 0.1) is 11.8 Å². The molecule has 0 bridgehead atoms. The van der Waals surface area contributed by atoms with E-state index in [1.165, 1.54) is 7.11 Å². The van der Waals surface area contributed by atoms with Crippen LogP contribution < -0.4 is 4.90 Å². The quantitative estimate of drug-likeness (QED) is 0.337. The summed E-state index contributed by atoms with van der Waals surface area (Å²) < 4.78 is 11.0. The van der Waals surface area contributed by atoms with Crippen molar-refractivity contribution in [2.75, 3.05) is 25.1 Å². The van der Waals surface area contributed by atoms with E-state index in [4.69, 9.17) is 9.47 Å². The molecule has 4 rings (SSSR count). The number of nitrogens with zero attached hydrogens (tertiary/aromatic N) is 2. The third-order valence-electron chi connectivity index (χ3n) is 7.15. The van der Waals surface area contributed by atoms with Gasteiger partial charge in [-0.3, -0.25) is 9.80 Å². The van der Waals surface area contributed by atoms with Gasteiger partial charge in [0, 0.05) is 24.0 Å². The van der Waals surface area contributed by atoms with Gasteiger partial charge in [0.05, 0.1) is 39.0 Å². The van der Waals surface area contributed by atoms with Gasteiger partial charge in [-0.2, -0.15) is 0 Å². The van der Waals surface area contributed by atoms with Crippen molar-refractivity contribution < 1.29 is 19.1 Å². The summed E-state index contributed by atoms with van der Waals surface area (Å²) in [6, 6.07) is 8.69. The highest BCUT2D eigenvalue weighted by molar-refractivity contribution is 6.76. The highest BCUT2D eigenvalue weighted by atomic mass is 28.3. The molecule has 0 radical (unpaired) electrons. The fourth-order valence-corrected chi connectivity index (χ4v) is 6.49. The van der Waals surface area contributed by atoms with Crippen LogP contribution in [0.25, 0.3) is 0 Å². The Morgan fingerprint density at radius 2 is 1.89 bits per heavy atom. The topological polar surface area (TPSA) is 59.1 Å². The van der Waals surface area contributed by atoms with Gasteiger partial charge in [-0.05, 0) is 45.2 Å². The Bertz CT molecular complexity index is 1100. The second-order valence-corrected chi connectivity index (χ2v) is 17.5. The molecule has 6 nitrogen and oxygen atoms in total. The zero-order chi connectivity index (χ0) is 25.6. The number of anilines is 1. The van der Waals surface area contributed by atoms with Crippen LogP contribution in [0.2, 0.25) is 25.7 Å². The van der Waals surface area contributed by atoms with Crippen molar-refractivity contribution >= 4 is 25.8 Å². The van der Waals surface area contributed by atoms with Gasteiger partial charge >= 0.3 is 12.1 Å². The summed E-state index contributed by atoms with van der Waals surface area (Å²) >= 11 is 0. The molecule has 0 unspecified atom stereocenters. The molecular formula is C28H38N2O4Si. The van der Waals surface area contributed by atoms with Gasteiger partial charge in [-0.1, -0.05) is 49.8 Å². The zero-order valence-corrected chi connectivity index (χ0v) is 23.1. The molecule has 0 N–H and O–H groups in total. The summed E-state index contributed by atoms with van der Waals surface area (Å²) in [5.74, 6) is 6.44. The number of carbonyl (C=O) groups excluding carboxylic acids is 2. The fraction of sp³-hybridized carbons (Fsp3) is 0.571. The summed E-state index contributed by atoms with van der Waals surface area (Å²) in [5.41, 5.74) is 1.40. The van der Waals surface area contributed by atoms with Crippen LogP contribution in [0.15, 0.2) is 35.9 Å². The highest BCUT2D eigenvalue weighted by Crippen LogP contribution is 2.58. The van der Waals surface area contributed by atoms with Crippen LogP contribution in [-0.4, -0.2) is 62.9 Å². The first-order valence-corrected chi connectivity index (χ1v) is 16.2. The number of hydrogen-bond donors (Lipinski definition) is 0. The molecule has 3 aliphatic rings. The van der Waals surface area contributed by atoms with E-state index in [0.717, 1.165) is 30.3 Å². The van der Waals surface area contributed by atoms with Crippen LogP contribution in [0.4, 0.5) is 10.5 Å². The van der Waals surface area contributed by atoms with Crippen molar-refractivity contribution in [1.29, 1.82) is 0 Å². The van der Waals surface area contributed by atoms with E-state index in [1.807, 2.05) is 45.0 Å². The SMILES string of the molecule is COC(=O)C1=CC[C@@H]2N(CC#CC[Si](C)(C)C)CC[C@@]23c2ccccc2N(C(=O)OC(C)(C)C)[C@@H]13. The molecule has 188 valence electrons. The lowest BCUT2D eigenvalue weighted by Gasteiger charge is -2.44. The third-order valence-corrected chi connectivity index (χ3v) is 8.39. The molecule has 1 aliphatic carbocycles. The van der Waals surface area contributed by atoms with Gasteiger partial charge in [0.25, 0.3) is 0 Å². The number of benzene rings is 1. The van der Waals surface area contributed by atoms with E-state index in [2.05, 4.69) is 42.4 Å². The smallest absolute Gasteiger partial charge is 0.415 e. The van der Waals surface area contributed by atoms with Gasteiger partial charge in [0.1, 0.15) is 5.60 Å². The number of rotatable bonds is 3. The number of hydrogen-bond acceptors (Lipinski definition) is 5. The number of para-hydroxylation sites is 1. The monoisotopic (exact) mass is 494 g/mol. The maximum Gasteiger partial charge on any atom is 0.415 e. The second kappa shape index (κ2) is 9.14. The van der Waals surface area contributed by atoms with Gasteiger partial charge in [0.15, 0.2) is 0 Å². The molecule has 7 heteroatoms. The molecule has 2 heterocycles. The molecule has 0 aromatic heterocycles. The number of fused-ring (bicyclic) bond motifs is 1. The van der Waals surface area contributed by atoms with E-state index in [1.54, 1.807) is 4.90 Å². The Morgan fingerprint density at radius 3 is 2.54 bits per heavy atom. The third kappa shape index (κ3) is 4.66. The number of carbonyl (C=O) groups is 2. The van der Waals surface area contributed by atoms with Crippen LogP contribution in [-0.2, 0) is 19.7 Å². The van der Waals surface area contributed by atoms with Gasteiger partial charge < -0.3 is 9.47 Å². The second-order valence-electron chi connectivity index (χ2n) is 12.0. The van der Waals surface area contributed by atoms with Crippen LogP contribution >= 0.6 is 0 Å². The van der Waals surface area contributed by atoms with E-state index >= 15 is 0 Å². The van der Waals surface area contributed by atoms with Gasteiger partial charge in [0.2, 0.25) is 0 Å². The maximum absolute atomic E-state index is 13.6. The predicted octanol–water partition coefficient (Wildman–Crippen LogP) is 4.97. The molecule has 35 heavy (non-hydrogen) atoms. The number of ether oxygens (including phenoxy) is 2. The van der Waals surface area contributed by atoms with Crippen molar-refractivity contribution in [1.82, 2.24) is 4.90 Å². The van der Waals surface area contributed by atoms with Crippen molar-refractivity contribution in [3.8, 4) is 11.8 Å². The lowest BCUT2D eigenvalue weighted by atomic mass is 9.64. The Hall–Kier alpha value is -2.56. The molecule has 3 atom stereocenters. The van der Waals surface area contributed by atoms with Crippen LogP contribution in [0.5, 0.6) is 0 Å². The van der Waals surface area contributed by atoms with Crippen LogP contribution in [0.3, 0.4) is 0 Å². The molecule has 0 saturated carbocycles. The lowest BCUT2D eigenvalue weighted by molar-refractivity contribution is -0.136. The average molecular weight is 495 g/mol. The number of amides is 1. The normalized spacial score (nSPS) is 25.6. The fourth-order valence-electron chi connectivity index (χ4n) is 5.83. The standard InChI is InChI=1S/C28H38N2O4Si/c1-27(2,3)34-26(32)30-22-13-9-8-12-21(22)28-16-18-29(17-10-11-19-35(5,6)7)23(28)15-14-20(24(28)30)25(31)33-4/h8-9,12-14,23-24H,15-19H2,1-7H3/t23-,24-,28+/m0/s1. The Labute approximate surface area is 210 Å². The first-order chi connectivity index (χ1) is 16.4. The largest absolute Gasteiger partial charge is 0.466 e. The summed E-state index contributed by atoms with van der Waals surface area (Å²) in [4.78, 5) is 30.7. The summed E-state index contributed by atoms with van der Waals surface area (Å²) in [7, 11) is 0.183. The summed E-state index contributed by atoms with van der Waals surface area (Å²) in [5, 5.41) is 0. The Balaban J connectivity index is 1.78. The Kier molecular flexibility index (Phi) is 6.67. The summed E-state index contributed by atoms with van der Waals surface area (Å²) in [6.45, 7) is 14.1. The average Bonchev–Trinajstić information content (AvgIpc) is 3.29. The Morgan fingerprint density at radius 1 is 1.17 bits per heavy atom. The molecule has 1 aromatic rings. The van der Waals surface area contributed by atoms with Gasteiger partial charge in [-0.15, -0.1) is 5.92 Å². The summed E-state index contributed by atoms with van der Waals surface area (Å²) in [6.07, 6.45) is 3.09. The number of esters is 1. The minimum Gasteiger partial charge on any atom is -0.466 e. The van der Waals surface area contributed by atoms with Crippen LogP contribution in [0.1, 0.15) is 39.2 Å². The van der Waals surface area contributed by atoms with E-state index in [0.29, 0.717) is 18.5 Å². The molecule has 1 spiro atoms. The minimum absolute atomic E-state index is 0.135. The first kappa shape index (κ1) is 25.5. The van der Waals surface area contributed by atoms with E-state index in [9.17, 15) is 9.59 Å². The minimum atomic E-state index is -1.22. The zero-order valence-electron chi connectivity index (χ0n) is 22.1. The van der Waals surface area contributed by atoms with Crippen molar-refractivity contribution in [3.05, 3.63) is 41.5 Å². The molecule has 2 aliphatic heterocycles. The highest BCUT2D eigenvalue weighted by Gasteiger charge is 2.64. The van der Waals surface area contributed by atoms with E-state index < -0.39 is 31.2 Å². The lowest BCUT2D eigenvalue weighted by Crippen LogP contribution is -2.58. The van der Waals surface area contributed by atoms with Crippen molar-refractivity contribution in [2.45, 2.75) is 82.4 Å². The molecule has 1 saturated heterocycles. The van der Waals surface area contributed by atoms with Gasteiger partial charge in [-0.25, -0.2) is 9.59 Å². The number of likely N-dealkylation sites (tertiary alicyclic amines) is 1. The first-order valence-electron chi connectivity index (χ1n) is 12.5. The van der Waals surface area contributed by atoms with E-state index in [-0.39, 0.29) is 12.0 Å². The molecule has 1 amide bonds. The van der Waals surface area contributed by atoms with Crippen molar-refractivity contribution in [3.63, 3.8) is 0 Å². The maximum atomic E-state index is 13.6.